The van der Waals surface area contributed by atoms with Crippen molar-refractivity contribution >= 4 is 17.7 Å². The second-order valence-corrected chi connectivity index (χ2v) is 7.91. The molecule has 0 bridgehead atoms. The van der Waals surface area contributed by atoms with Crippen LogP contribution in [0.4, 0.5) is 5.82 Å². The normalized spacial score (nSPS) is 13.8. The zero-order valence-electron chi connectivity index (χ0n) is 19.1. The summed E-state index contributed by atoms with van der Waals surface area (Å²) in [6.07, 6.45) is 3.98. The molecule has 0 N–H and O–H groups in total. The first-order valence-electron chi connectivity index (χ1n) is 11.4. The standard InChI is InChI=1S/C25H29N5O3/c1-3-22-21(17-27-30(22)18-19-8-6-5-7-9-19)24(31)29-14-12-28(13-15-29)23-11-10-20(16-26-23)25(32)33-4-2/h5-11,16-17H,3-4,12-15,18H2,1-2H3. The van der Waals surface area contributed by atoms with Gasteiger partial charge >= 0.3 is 5.97 Å². The second kappa shape index (κ2) is 10.3. The number of amides is 1. The molecule has 0 saturated carbocycles. The molecule has 0 unspecified atom stereocenters. The van der Waals surface area contributed by atoms with Gasteiger partial charge < -0.3 is 14.5 Å². The van der Waals surface area contributed by atoms with Crippen molar-refractivity contribution in [2.24, 2.45) is 0 Å². The minimum atomic E-state index is -0.369. The highest BCUT2D eigenvalue weighted by Crippen LogP contribution is 2.19. The van der Waals surface area contributed by atoms with Gasteiger partial charge in [0.05, 0.1) is 36.2 Å². The number of aromatic nitrogens is 3. The Kier molecular flexibility index (Phi) is 7.02. The molecule has 2 aromatic heterocycles. The average Bonchev–Trinajstić information content (AvgIpc) is 3.27. The highest BCUT2D eigenvalue weighted by molar-refractivity contribution is 5.95. The topological polar surface area (TPSA) is 80.6 Å². The number of ether oxygens (including phenoxy) is 1. The number of anilines is 1. The van der Waals surface area contributed by atoms with Gasteiger partial charge in [0, 0.05) is 32.4 Å². The summed E-state index contributed by atoms with van der Waals surface area (Å²) in [6, 6.07) is 13.7. The number of piperazine rings is 1. The summed E-state index contributed by atoms with van der Waals surface area (Å²) in [5.74, 6) is 0.447. The number of carbonyl (C=O) groups is 2. The third-order valence-electron chi connectivity index (χ3n) is 5.84. The molecule has 172 valence electrons. The van der Waals surface area contributed by atoms with E-state index in [0.717, 1.165) is 23.5 Å². The van der Waals surface area contributed by atoms with Crippen molar-refractivity contribution < 1.29 is 14.3 Å². The first kappa shape index (κ1) is 22.5. The van der Waals surface area contributed by atoms with Crippen LogP contribution in [0.1, 0.15) is 45.8 Å². The third-order valence-corrected chi connectivity index (χ3v) is 5.84. The fourth-order valence-electron chi connectivity index (χ4n) is 4.07. The maximum absolute atomic E-state index is 13.3. The summed E-state index contributed by atoms with van der Waals surface area (Å²) >= 11 is 0. The van der Waals surface area contributed by atoms with E-state index >= 15 is 0 Å². The van der Waals surface area contributed by atoms with Crippen LogP contribution < -0.4 is 4.90 Å². The summed E-state index contributed by atoms with van der Waals surface area (Å²) in [5, 5.41) is 4.51. The molecule has 1 aliphatic heterocycles. The molecule has 33 heavy (non-hydrogen) atoms. The molecular weight excluding hydrogens is 418 g/mol. The van der Waals surface area contributed by atoms with E-state index in [1.54, 1.807) is 25.4 Å². The minimum absolute atomic E-state index is 0.0245. The van der Waals surface area contributed by atoms with Crippen molar-refractivity contribution in [1.29, 1.82) is 0 Å². The van der Waals surface area contributed by atoms with Crippen LogP contribution >= 0.6 is 0 Å². The largest absolute Gasteiger partial charge is 0.462 e. The lowest BCUT2D eigenvalue weighted by molar-refractivity contribution is 0.0525. The summed E-state index contributed by atoms with van der Waals surface area (Å²) in [7, 11) is 0. The molecule has 1 aliphatic rings. The Hall–Kier alpha value is -3.68. The lowest BCUT2D eigenvalue weighted by Gasteiger charge is -2.35. The van der Waals surface area contributed by atoms with Gasteiger partial charge in [-0.2, -0.15) is 5.10 Å². The second-order valence-electron chi connectivity index (χ2n) is 7.91. The molecule has 1 aromatic carbocycles. The van der Waals surface area contributed by atoms with Crippen LogP contribution in [0, 0.1) is 0 Å². The predicted octanol–water partition coefficient (Wildman–Crippen LogP) is 3.03. The number of benzene rings is 1. The number of hydrogen-bond acceptors (Lipinski definition) is 6. The maximum atomic E-state index is 13.3. The van der Waals surface area contributed by atoms with E-state index in [1.807, 2.05) is 33.8 Å². The van der Waals surface area contributed by atoms with Crippen LogP contribution in [0.15, 0.2) is 54.9 Å². The minimum Gasteiger partial charge on any atom is -0.462 e. The van der Waals surface area contributed by atoms with Crippen molar-refractivity contribution in [1.82, 2.24) is 19.7 Å². The molecule has 8 nitrogen and oxygen atoms in total. The number of esters is 1. The van der Waals surface area contributed by atoms with Crippen LogP contribution in [0.3, 0.4) is 0 Å². The van der Waals surface area contributed by atoms with Gasteiger partial charge in [-0.15, -0.1) is 0 Å². The van der Waals surface area contributed by atoms with E-state index in [0.29, 0.717) is 50.5 Å². The average molecular weight is 448 g/mol. The molecule has 0 radical (unpaired) electrons. The van der Waals surface area contributed by atoms with Crippen molar-refractivity contribution in [2.75, 3.05) is 37.7 Å². The highest BCUT2D eigenvalue weighted by Gasteiger charge is 2.26. The van der Waals surface area contributed by atoms with Crippen LogP contribution in [-0.2, 0) is 17.7 Å². The van der Waals surface area contributed by atoms with Gasteiger partial charge in [-0.25, -0.2) is 9.78 Å². The Morgan fingerprint density at radius 1 is 0.970 bits per heavy atom. The van der Waals surface area contributed by atoms with Gasteiger partial charge in [0.15, 0.2) is 0 Å². The highest BCUT2D eigenvalue weighted by atomic mass is 16.5. The monoisotopic (exact) mass is 447 g/mol. The van der Waals surface area contributed by atoms with Crippen LogP contribution in [0.5, 0.6) is 0 Å². The van der Waals surface area contributed by atoms with Gasteiger partial charge in [0.1, 0.15) is 5.82 Å². The first-order valence-corrected chi connectivity index (χ1v) is 11.4. The van der Waals surface area contributed by atoms with Crippen molar-refractivity contribution in [3.63, 3.8) is 0 Å². The van der Waals surface area contributed by atoms with Crippen molar-refractivity contribution in [2.45, 2.75) is 26.8 Å². The number of carbonyl (C=O) groups excluding carboxylic acids is 2. The Morgan fingerprint density at radius 2 is 1.73 bits per heavy atom. The van der Waals surface area contributed by atoms with Crippen molar-refractivity contribution in [3.05, 3.63) is 77.2 Å². The van der Waals surface area contributed by atoms with Gasteiger partial charge in [0.25, 0.3) is 5.91 Å². The number of pyridine rings is 1. The van der Waals surface area contributed by atoms with Gasteiger partial charge in [0.2, 0.25) is 0 Å². The molecular formula is C25H29N5O3. The molecule has 8 heteroatoms. The van der Waals surface area contributed by atoms with E-state index in [4.69, 9.17) is 4.74 Å². The number of rotatable bonds is 7. The van der Waals surface area contributed by atoms with E-state index < -0.39 is 0 Å². The molecule has 0 aliphatic carbocycles. The lowest BCUT2D eigenvalue weighted by atomic mass is 10.1. The molecule has 3 heterocycles. The first-order chi connectivity index (χ1) is 16.1. The zero-order chi connectivity index (χ0) is 23.2. The molecule has 1 saturated heterocycles. The molecule has 4 rings (SSSR count). The molecule has 3 aromatic rings. The van der Waals surface area contributed by atoms with Crippen molar-refractivity contribution in [3.8, 4) is 0 Å². The van der Waals surface area contributed by atoms with Gasteiger partial charge in [-0.3, -0.25) is 9.48 Å². The Balaban J connectivity index is 1.39. The van der Waals surface area contributed by atoms with E-state index in [1.165, 1.54) is 0 Å². The molecule has 1 fully saturated rings. The molecule has 0 atom stereocenters. The van der Waals surface area contributed by atoms with E-state index in [9.17, 15) is 9.59 Å². The van der Waals surface area contributed by atoms with Gasteiger partial charge in [-0.05, 0) is 31.0 Å². The summed E-state index contributed by atoms with van der Waals surface area (Å²) in [4.78, 5) is 33.5. The number of nitrogens with zero attached hydrogens (tertiary/aromatic N) is 5. The summed E-state index contributed by atoms with van der Waals surface area (Å²) in [6.45, 7) is 7.38. The van der Waals surface area contributed by atoms with Gasteiger partial charge in [-0.1, -0.05) is 37.3 Å². The van der Waals surface area contributed by atoms with E-state index in [-0.39, 0.29) is 11.9 Å². The zero-order valence-corrected chi connectivity index (χ0v) is 19.1. The van der Waals surface area contributed by atoms with Crippen LogP contribution in [0.2, 0.25) is 0 Å². The quantitative estimate of drug-likeness (QED) is 0.518. The summed E-state index contributed by atoms with van der Waals surface area (Å²) in [5.41, 5.74) is 3.24. The fraction of sp³-hybridized carbons (Fsp3) is 0.360. The third kappa shape index (κ3) is 5.05. The van der Waals surface area contributed by atoms with Crippen LogP contribution in [-0.4, -0.2) is 64.3 Å². The molecule has 1 amide bonds. The number of hydrogen-bond donors (Lipinski definition) is 0. The summed E-state index contributed by atoms with van der Waals surface area (Å²) < 4.78 is 6.93. The predicted molar refractivity (Wildman–Crippen MR) is 125 cm³/mol. The maximum Gasteiger partial charge on any atom is 0.339 e. The lowest BCUT2D eigenvalue weighted by Crippen LogP contribution is -2.49. The SMILES string of the molecule is CCOC(=O)c1ccc(N2CCN(C(=O)c3cnn(Cc4ccccc4)c3CC)CC2)nc1. The fourth-order valence-corrected chi connectivity index (χ4v) is 4.07. The van der Waals surface area contributed by atoms with E-state index in [2.05, 4.69) is 34.0 Å². The van der Waals surface area contributed by atoms with Crippen LogP contribution in [0.25, 0.3) is 0 Å². The molecule has 0 spiro atoms. The smallest absolute Gasteiger partial charge is 0.339 e. The Morgan fingerprint density at radius 3 is 2.36 bits per heavy atom. The Labute approximate surface area is 193 Å². The Bertz CT molecular complexity index is 1090.